The number of benzene rings is 1. The predicted molar refractivity (Wildman–Crippen MR) is 47.7 cm³/mol. The molecule has 0 fully saturated rings. The molecule has 0 bridgehead atoms. The maximum absolute atomic E-state index is 10.6. The summed E-state index contributed by atoms with van der Waals surface area (Å²) >= 11 is 0. The second-order valence-electron chi connectivity index (χ2n) is 2.84. The van der Waals surface area contributed by atoms with Crippen molar-refractivity contribution < 1.29 is 15.0 Å². The van der Waals surface area contributed by atoms with Crippen molar-refractivity contribution in [3.05, 3.63) is 29.3 Å². The summed E-state index contributed by atoms with van der Waals surface area (Å²) in [7, 11) is 0. The fraction of sp³-hybridized carbons (Fsp3) is 0.222. The zero-order valence-electron chi connectivity index (χ0n) is 7.19. The van der Waals surface area contributed by atoms with Crippen molar-refractivity contribution in [1.82, 2.24) is 0 Å². The Kier molecular flexibility index (Phi) is 2.53. The Morgan fingerprint density at radius 2 is 2.15 bits per heavy atom. The summed E-state index contributed by atoms with van der Waals surface area (Å²) in [6.07, 6.45) is 0. The van der Waals surface area contributed by atoms with Crippen LogP contribution in [0.15, 0.2) is 18.2 Å². The SMILES string of the molecule is C[C@@H](N)c1cccc(C(=O)O)c1O. The number of phenols is 1. The first-order valence-corrected chi connectivity index (χ1v) is 3.84. The maximum Gasteiger partial charge on any atom is 0.339 e. The second kappa shape index (κ2) is 3.45. The minimum Gasteiger partial charge on any atom is -0.507 e. The normalized spacial score (nSPS) is 12.5. The molecule has 1 rings (SSSR count). The Bertz CT molecular complexity index is 334. The average Bonchev–Trinajstić information content (AvgIpc) is 2.03. The van der Waals surface area contributed by atoms with Crippen molar-refractivity contribution in [2.75, 3.05) is 0 Å². The van der Waals surface area contributed by atoms with E-state index in [2.05, 4.69) is 0 Å². The van der Waals surface area contributed by atoms with Gasteiger partial charge in [-0.25, -0.2) is 4.79 Å². The molecule has 13 heavy (non-hydrogen) atoms. The van der Waals surface area contributed by atoms with Crippen LogP contribution < -0.4 is 5.73 Å². The molecule has 0 amide bonds. The average molecular weight is 181 g/mol. The van der Waals surface area contributed by atoms with Gasteiger partial charge in [0.2, 0.25) is 0 Å². The Labute approximate surface area is 75.6 Å². The zero-order chi connectivity index (χ0) is 10.0. The highest BCUT2D eigenvalue weighted by Gasteiger charge is 2.14. The van der Waals surface area contributed by atoms with E-state index in [4.69, 9.17) is 10.8 Å². The molecule has 4 nitrogen and oxygen atoms in total. The van der Waals surface area contributed by atoms with Crippen LogP contribution in [-0.2, 0) is 0 Å². The first-order valence-electron chi connectivity index (χ1n) is 3.84. The number of para-hydroxylation sites is 1. The van der Waals surface area contributed by atoms with Crippen LogP contribution in [0.4, 0.5) is 0 Å². The predicted octanol–water partition coefficient (Wildman–Crippen LogP) is 1.11. The molecule has 0 aliphatic heterocycles. The van der Waals surface area contributed by atoms with Crippen LogP contribution >= 0.6 is 0 Å². The number of rotatable bonds is 2. The van der Waals surface area contributed by atoms with E-state index in [1.807, 2.05) is 0 Å². The molecule has 1 aromatic rings. The van der Waals surface area contributed by atoms with Gasteiger partial charge in [-0.3, -0.25) is 0 Å². The quantitative estimate of drug-likeness (QED) is 0.638. The molecular formula is C9H11NO3. The number of hydrogen-bond donors (Lipinski definition) is 3. The lowest BCUT2D eigenvalue weighted by Crippen LogP contribution is -2.07. The van der Waals surface area contributed by atoms with Crippen molar-refractivity contribution in [3.8, 4) is 5.75 Å². The van der Waals surface area contributed by atoms with Gasteiger partial charge in [-0.1, -0.05) is 12.1 Å². The van der Waals surface area contributed by atoms with Crippen LogP contribution in [0.25, 0.3) is 0 Å². The Morgan fingerprint density at radius 1 is 1.54 bits per heavy atom. The molecule has 1 aromatic carbocycles. The highest BCUT2D eigenvalue weighted by molar-refractivity contribution is 5.91. The van der Waals surface area contributed by atoms with Gasteiger partial charge in [0.15, 0.2) is 0 Å². The van der Waals surface area contributed by atoms with Gasteiger partial charge in [-0.15, -0.1) is 0 Å². The largest absolute Gasteiger partial charge is 0.507 e. The summed E-state index contributed by atoms with van der Waals surface area (Å²) in [5.41, 5.74) is 5.86. The molecule has 0 saturated heterocycles. The molecule has 0 unspecified atom stereocenters. The van der Waals surface area contributed by atoms with Crippen molar-refractivity contribution >= 4 is 5.97 Å². The van der Waals surface area contributed by atoms with Gasteiger partial charge in [0.05, 0.1) is 0 Å². The molecule has 0 heterocycles. The minimum absolute atomic E-state index is 0.116. The van der Waals surface area contributed by atoms with Crippen LogP contribution in [0, 0.1) is 0 Å². The minimum atomic E-state index is -1.15. The van der Waals surface area contributed by atoms with Crippen LogP contribution in [-0.4, -0.2) is 16.2 Å². The van der Waals surface area contributed by atoms with Crippen molar-refractivity contribution in [2.24, 2.45) is 5.73 Å². The lowest BCUT2D eigenvalue weighted by Gasteiger charge is -2.09. The van der Waals surface area contributed by atoms with E-state index in [9.17, 15) is 9.90 Å². The van der Waals surface area contributed by atoms with Gasteiger partial charge in [0.1, 0.15) is 11.3 Å². The first kappa shape index (κ1) is 9.54. The molecule has 70 valence electrons. The van der Waals surface area contributed by atoms with Crippen molar-refractivity contribution in [2.45, 2.75) is 13.0 Å². The third kappa shape index (κ3) is 1.78. The molecule has 0 aromatic heterocycles. The van der Waals surface area contributed by atoms with Crippen LogP contribution in [0.3, 0.4) is 0 Å². The van der Waals surface area contributed by atoms with E-state index in [1.54, 1.807) is 19.1 Å². The fourth-order valence-electron chi connectivity index (χ4n) is 1.10. The molecule has 4 N–H and O–H groups in total. The molecule has 0 radical (unpaired) electrons. The smallest absolute Gasteiger partial charge is 0.339 e. The maximum atomic E-state index is 10.6. The van der Waals surface area contributed by atoms with Gasteiger partial charge in [-0.2, -0.15) is 0 Å². The number of hydrogen-bond acceptors (Lipinski definition) is 3. The molecule has 4 heteroatoms. The molecule has 1 atom stereocenters. The topological polar surface area (TPSA) is 83.6 Å². The van der Waals surface area contributed by atoms with E-state index < -0.39 is 5.97 Å². The molecule has 0 spiro atoms. The van der Waals surface area contributed by atoms with Gasteiger partial charge in [-0.05, 0) is 13.0 Å². The van der Waals surface area contributed by atoms with E-state index in [-0.39, 0.29) is 17.4 Å². The van der Waals surface area contributed by atoms with Gasteiger partial charge in [0, 0.05) is 11.6 Å². The van der Waals surface area contributed by atoms with Crippen molar-refractivity contribution in [3.63, 3.8) is 0 Å². The number of carboxylic acids is 1. The van der Waals surface area contributed by atoms with Crippen LogP contribution in [0.1, 0.15) is 28.9 Å². The highest BCUT2D eigenvalue weighted by Crippen LogP contribution is 2.26. The number of carbonyl (C=O) groups is 1. The Hall–Kier alpha value is -1.55. The summed E-state index contributed by atoms with van der Waals surface area (Å²) in [4.78, 5) is 10.6. The van der Waals surface area contributed by atoms with Crippen molar-refractivity contribution in [1.29, 1.82) is 0 Å². The summed E-state index contributed by atoms with van der Waals surface area (Å²) in [5.74, 6) is -1.40. The second-order valence-corrected chi connectivity index (χ2v) is 2.84. The lowest BCUT2D eigenvalue weighted by molar-refractivity contribution is 0.0693. The van der Waals surface area contributed by atoms with Gasteiger partial charge in [0.25, 0.3) is 0 Å². The standard InChI is InChI=1S/C9H11NO3/c1-5(10)6-3-2-4-7(8(6)11)9(12)13/h2-5,11H,10H2,1H3,(H,12,13)/t5-/m1/s1. The highest BCUT2D eigenvalue weighted by atomic mass is 16.4. The third-order valence-corrected chi connectivity index (χ3v) is 1.79. The molecule has 0 aliphatic rings. The monoisotopic (exact) mass is 181 g/mol. The summed E-state index contributed by atoms with van der Waals surface area (Å²) in [5, 5.41) is 18.1. The molecular weight excluding hydrogens is 170 g/mol. The Morgan fingerprint density at radius 3 is 2.62 bits per heavy atom. The van der Waals surface area contributed by atoms with E-state index >= 15 is 0 Å². The van der Waals surface area contributed by atoms with E-state index in [0.717, 1.165) is 0 Å². The number of aromatic hydroxyl groups is 1. The van der Waals surface area contributed by atoms with Crippen LogP contribution in [0.2, 0.25) is 0 Å². The van der Waals surface area contributed by atoms with Crippen LogP contribution in [0.5, 0.6) is 5.75 Å². The van der Waals surface area contributed by atoms with E-state index in [0.29, 0.717) is 5.56 Å². The summed E-state index contributed by atoms with van der Waals surface area (Å²) in [6, 6.07) is 4.12. The summed E-state index contributed by atoms with van der Waals surface area (Å²) in [6.45, 7) is 1.68. The molecule has 0 aliphatic carbocycles. The Balaban J connectivity index is 3.26. The number of aromatic carboxylic acids is 1. The number of carboxylic acid groups (broad SMARTS) is 1. The molecule has 0 saturated carbocycles. The zero-order valence-corrected chi connectivity index (χ0v) is 7.19. The van der Waals surface area contributed by atoms with E-state index in [1.165, 1.54) is 6.07 Å². The third-order valence-electron chi connectivity index (χ3n) is 1.79. The van der Waals surface area contributed by atoms with Gasteiger partial charge >= 0.3 is 5.97 Å². The fourth-order valence-corrected chi connectivity index (χ4v) is 1.10. The summed E-state index contributed by atoms with van der Waals surface area (Å²) < 4.78 is 0. The first-order chi connectivity index (χ1) is 6.04. The lowest BCUT2D eigenvalue weighted by atomic mass is 10.0. The van der Waals surface area contributed by atoms with Gasteiger partial charge < -0.3 is 15.9 Å². The number of nitrogens with two attached hydrogens (primary N) is 1.